The number of benzene rings is 1. The van der Waals surface area contributed by atoms with Crippen LogP contribution >= 0.6 is 23.2 Å². The van der Waals surface area contributed by atoms with Gasteiger partial charge < -0.3 is 4.74 Å². The predicted molar refractivity (Wildman–Crippen MR) is 55.2 cm³/mol. The molecule has 0 aliphatic carbocycles. The van der Waals surface area contributed by atoms with Gasteiger partial charge in [0.2, 0.25) is 0 Å². The van der Waals surface area contributed by atoms with Crippen molar-refractivity contribution in [3.63, 3.8) is 0 Å². The van der Waals surface area contributed by atoms with Crippen LogP contribution in [-0.2, 0) is 4.79 Å². The summed E-state index contributed by atoms with van der Waals surface area (Å²) in [5.41, 5.74) is 0. The molecule has 0 aromatic heterocycles. The molecule has 0 N–H and O–H groups in total. The van der Waals surface area contributed by atoms with E-state index in [0.29, 0.717) is 5.02 Å². The molecule has 0 spiro atoms. The molecular formula is C8H6Cl2FNaO2. The van der Waals surface area contributed by atoms with Gasteiger partial charge in [0, 0.05) is 5.02 Å². The maximum absolute atomic E-state index is 11.7. The van der Waals surface area contributed by atoms with Gasteiger partial charge in [-0.15, -0.1) is 0 Å². The van der Waals surface area contributed by atoms with Crippen molar-refractivity contribution in [2.75, 3.05) is 6.67 Å². The zero-order chi connectivity index (χ0) is 9.84. The van der Waals surface area contributed by atoms with Crippen LogP contribution in [0.25, 0.3) is 0 Å². The molecule has 0 aliphatic rings. The first kappa shape index (κ1) is 14.2. The second-order valence-electron chi connectivity index (χ2n) is 2.18. The molecule has 0 aliphatic heterocycles. The molecule has 1 rings (SSSR count). The summed E-state index contributed by atoms with van der Waals surface area (Å²) in [6.45, 7) is -1.18. The van der Waals surface area contributed by atoms with E-state index < -0.39 is 12.6 Å². The minimum absolute atomic E-state index is 0. The molecule has 0 unspecified atom stereocenters. The molecule has 0 fully saturated rings. The number of hydrogen-bond donors (Lipinski definition) is 0. The Kier molecular flexibility index (Phi) is 6.74. The fraction of sp³-hybridized carbons (Fsp3) is 0.125. The maximum atomic E-state index is 11.7. The molecule has 2 nitrogen and oxygen atoms in total. The van der Waals surface area contributed by atoms with Crippen molar-refractivity contribution < 1.29 is 13.9 Å². The molecule has 0 heterocycles. The standard InChI is InChI=1S/C8H5Cl2FO2.Na.H/c9-5-1-2-7(6(10)3-5)13-8(12)4-11;;/h1-3H,4H2;;. The van der Waals surface area contributed by atoms with Crippen LogP contribution in [-0.4, -0.2) is 42.2 Å². The first-order valence-electron chi connectivity index (χ1n) is 3.35. The quantitative estimate of drug-likeness (QED) is 0.455. The molecular weight excluding hydrogens is 241 g/mol. The number of halogens is 3. The third-order valence-electron chi connectivity index (χ3n) is 1.23. The van der Waals surface area contributed by atoms with Crippen molar-refractivity contribution in [3.8, 4) is 5.75 Å². The first-order chi connectivity index (χ1) is 6.13. The number of carbonyl (C=O) groups is 1. The molecule has 1 aromatic carbocycles. The van der Waals surface area contributed by atoms with Gasteiger partial charge in [-0.1, -0.05) is 23.2 Å². The molecule has 72 valence electrons. The fourth-order valence-electron chi connectivity index (χ4n) is 0.708. The number of esters is 1. The van der Waals surface area contributed by atoms with Gasteiger partial charge >= 0.3 is 35.5 Å². The Morgan fingerprint density at radius 2 is 2.07 bits per heavy atom. The van der Waals surface area contributed by atoms with E-state index in [1.54, 1.807) is 0 Å². The summed E-state index contributed by atoms with van der Waals surface area (Å²) in [6.07, 6.45) is 0. The van der Waals surface area contributed by atoms with Gasteiger partial charge in [0.1, 0.15) is 5.75 Å². The third-order valence-corrected chi connectivity index (χ3v) is 1.76. The SMILES string of the molecule is O=C(CF)Oc1ccc(Cl)cc1Cl.[NaH]. The summed E-state index contributed by atoms with van der Waals surface area (Å²) < 4.78 is 16.3. The summed E-state index contributed by atoms with van der Waals surface area (Å²) in [5.74, 6) is -0.877. The molecule has 0 radical (unpaired) electrons. The Morgan fingerprint density at radius 1 is 1.43 bits per heavy atom. The van der Waals surface area contributed by atoms with E-state index in [1.807, 2.05) is 0 Å². The van der Waals surface area contributed by atoms with Gasteiger partial charge in [-0.3, -0.25) is 0 Å². The molecule has 1 aromatic rings. The van der Waals surface area contributed by atoms with Crippen molar-refractivity contribution in [3.05, 3.63) is 28.2 Å². The minimum atomic E-state index is -1.18. The number of carbonyl (C=O) groups excluding carboxylic acids is 1. The van der Waals surface area contributed by atoms with Crippen LogP contribution in [0.3, 0.4) is 0 Å². The number of ether oxygens (including phenoxy) is 1. The van der Waals surface area contributed by atoms with Crippen molar-refractivity contribution in [1.29, 1.82) is 0 Å². The second-order valence-corrected chi connectivity index (χ2v) is 3.03. The van der Waals surface area contributed by atoms with Crippen molar-refractivity contribution in [2.24, 2.45) is 0 Å². The van der Waals surface area contributed by atoms with E-state index in [2.05, 4.69) is 4.74 Å². The van der Waals surface area contributed by atoms with E-state index in [0.717, 1.165) is 0 Å². The number of alkyl halides is 1. The van der Waals surface area contributed by atoms with Gasteiger partial charge in [0.15, 0.2) is 6.67 Å². The molecule has 0 bridgehead atoms. The van der Waals surface area contributed by atoms with Gasteiger partial charge in [-0.2, -0.15) is 0 Å². The number of hydrogen-bond acceptors (Lipinski definition) is 2. The Balaban J connectivity index is 0.00000169. The average molecular weight is 247 g/mol. The number of rotatable bonds is 2. The van der Waals surface area contributed by atoms with Gasteiger partial charge in [0.05, 0.1) is 5.02 Å². The molecule has 6 heteroatoms. The topological polar surface area (TPSA) is 26.3 Å². The zero-order valence-electron chi connectivity index (χ0n) is 6.39. The van der Waals surface area contributed by atoms with Gasteiger partial charge in [-0.25, -0.2) is 9.18 Å². The van der Waals surface area contributed by atoms with E-state index >= 15 is 0 Å². The Bertz CT molecular complexity index is 333. The predicted octanol–water partition coefficient (Wildman–Crippen LogP) is 2.22. The fourth-order valence-corrected chi connectivity index (χ4v) is 1.15. The Morgan fingerprint density at radius 3 is 2.57 bits per heavy atom. The van der Waals surface area contributed by atoms with E-state index in [4.69, 9.17) is 23.2 Å². The zero-order valence-corrected chi connectivity index (χ0v) is 7.90. The van der Waals surface area contributed by atoms with Gasteiger partial charge in [0.25, 0.3) is 0 Å². The van der Waals surface area contributed by atoms with Crippen LogP contribution in [0.5, 0.6) is 5.75 Å². The second kappa shape index (κ2) is 6.64. The summed E-state index contributed by atoms with van der Waals surface area (Å²) in [5, 5.41) is 0.597. The molecule has 0 saturated heterocycles. The third kappa shape index (κ3) is 4.15. The van der Waals surface area contributed by atoms with Crippen LogP contribution in [0.2, 0.25) is 10.0 Å². The summed E-state index contributed by atoms with van der Waals surface area (Å²) in [6, 6.07) is 4.30. The summed E-state index contributed by atoms with van der Waals surface area (Å²) in [7, 11) is 0. The monoisotopic (exact) mass is 246 g/mol. The summed E-state index contributed by atoms with van der Waals surface area (Å²) in [4.78, 5) is 10.5. The van der Waals surface area contributed by atoms with Crippen LogP contribution in [0.1, 0.15) is 0 Å². The Hall–Kier alpha value is 0.200. The van der Waals surface area contributed by atoms with Crippen LogP contribution in [0, 0.1) is 0 Å². The van der Waals surface area contributed by atoms with Crippen molar-refractivity contribution in [1.82, 2.24) is 0 Å². The molecule has 14 heavy (non-hydrogen) atoms. The van der Waals surface area contributed by atoms with Crippen molar-refractivity contribution in [2.45, 2.75) is 0 Å². The van der Waals surface area contributed by atoms with Crippen LogP contribution in [0.15, 0.2) is 18.2 Å². The molecule has 0 amide bonds. The Labute approximate surface area is 113 Å². The first-order valence-corrected chi connectivity index (χ1v) is 4.11. The average Bonchev–Trinajstić information content (AvgIpc) is 2.09. The molecule has 0 atom stereocenters. The van der Waals surface area contributed by atoms with Crippen LogP contribution in [0.4, 0.5) is 4.39 Å². The normalized spacial score (nSPS) is 9.07. The van der Waals surface area contributed by atoms with Gasteiger partial charge in [-0.05, 0) is 18.2 Å². The molecule has 0 saturated carbocycles. The summed E-state index contributed by atoms with van der Waals surface area (Å²) >= 11 is 11.2. The van der Waals surface area contributed by atoms with E-state index in [-0.39, 0.29) is 40.3 Å². The van der Waals surface area contributed by atoms with E-state index in [1.165, 1.54) is 18.2 Å². The van der Waals surface area contributed by atoms with E-state index in [9.17, 15) is 9.18 Å². The van der Waals surface area contributed by atoms with Crippen molar-refractivity contribution >= 4 is 58.7 Å². The van der Waals surface area contributed by atoms with Crippen LogP contribution < -0.4 is 4.74 Å².